The molecule has 0 amide bonds. The average Bonchev–Trinajstić information content (AvgIpc) is 2.56. The fourth-order valence-electron chi connectivity index (χ4n) is 1.98. The van der Waals surface area contributed by atoms with Gasteiger partial charge in [0.1, 0.15) is 11.5 Å². The van der Waals surface area contributed by atoms with E-state index in [9.17, 15) is 13.5 Å². The highest BCUT2D eigenvalue weighted by atomic mass is 32.2. The minimum absolute atomic E-state index is 0.0401. The first-order valence-corrected chi connectivity index (χ1v) is 8.81. The van der Waals surface area contributed by atoms with Crippen LogP contribution in [0.25, 0.3) is 0 Å². The third-order valence-corrected chi connectivity index (χ3v) is 4.44. The fraction of sp³-hybridized carbons (Fsp3) is 0.294. The average molecular weight is 335 g/mol. The summed E-state index contributed by atoms with van der Waals surface area (Å²) in [6.45, 7) is 1.90. The van der Waals surface area contributed by atoms with E-state index < -0.39 is 16.7 Å². The molecular formula is C17H19O5S. The van der Waals surface area contributed by atoms with Crippen molar-refractivity contribution in [2.24, 2.45) is 0 Å². The molecule has 0 unspecified atom stereocenters. The quantitative estimate of drug-likeness (QED) is 0.546. The van der Waals surface area contributed by atoms with Gasteiger partial charge in [0.15, 0.2) is 11.5 Å². The number of hydrogen-bond donors (Lipinski definition) is 0. The van der Waals surface area contributed by atoms with Crippen molar-refractivity contribution in [3.05, 3.63) is 54.1 Å². The van der Waals surface area contributed by atoms with Gasteiger partial charge in [-0.1, -0.05) is 43.7 Å². The molecule has 0 atom stereocenters. The Kier molecular flexibility index (Phi) is 6.01. The molecule has 0 fully saturated rings. The molecule has 1 radical (unpaired) electrons. The zero-order chi connectivity index (χ0) is 16.7. The number of ether oxygens (including phenoxy) is 1. The van der Waals surface area contributed by atoms with Gasteiger partial charge in [-0.2, -0.15) is 8.42 Å². The normalized spacial score (nSPS) is 11.2. The van der Waals surface area contributed by atoms with Crippen LogP contribution in [-0.2, 0) is 21.8 Å². The van der Waals surface area contributed by atoms with Crippen molar-refractivity contribution in [3.8, 4) is 11.5 Å². The molecule has 2 aromatic rings. The lowest BCUT2D eigenvalue weighted by Crippen LogP contribution is -2.11. The molecule has 0 N–H and O–H groups in total. The standard InChI is InChI=1S/C17H19O5S/c1-2-3-12-21-17-14(13-18)8-7-11-16(17)22-23(19,20)15-9-5-4-6-10-15/h4-11H,2-3,12-13H2,1H3. The van der Waals surface area contributed by atoms with Crippen LogP contribution >= 0.6 is 0 Å². The molecule has 23 heavy (non-hydrogen) atoms. The minimum atomic E-state index is -3.97. The summed E-state index contributed by atoms with van der Waals surface area (Å²) < 4.78 is 35.4. The summed E-state index contributed by atoms with van der Waals surface area (Å²) >= 11 is 0. The Morgan fingerprint density at radius 1 is 1.00 bits per heavy atom. The molecule has 123 valence electrons. The number of hydrogen-bond acceptors (Lipinski definition) is 4. The summed E-state index contributed by atoms with van der Waals surface area (Å²) in [4.78, 5) is 0.0482. The van der Waals surface area contributed by atoms with Crippen LogP contribution in [0, 0.1) is 0 Å². The van der Waals surface area contributed by atoms with Gasteiger partial charge < -0.3 is 8.92 Å². The van der Waals surface area contributed by atoms with Crippen LogP contribution in [0.5, 0.6) is 11.5 Å². The van der Waals surface area contributed by atoms with E-state index in [0.29, 0.717) is 12.2 Å². The van der Waals surface area contributed by atoms with Gasteiger partial charge in [0.05, 0.1) is 6.61 Å². The lowest BCUT2D eigenvalue weighted by molar-refractivity contribution is 0.171. The SMILES string of the molecule is CCCCOc1c(C[O])cccc1OS(=O)(=O)c1ccccc1. The van der Waals surface area contributed by atoms with Crippen molar-refractivity contribution >= 4 is 10.1 Å². The van der Waals surface area contributed by atoms with Crippen molar-refractivity contribution < 1.29 is 22.4 Å². The van der Waals surface area contributed by atoms with Crippen molar-refractivity contribution in [3.63, 3.8) is 0 Å². The molecule has 0 saturated heterocycles. The first-order chi connectivity index (χ1) is 11.1. The maximum Gasteiger partial charge on any atom is 0.339 e. The van der Waals surface area contributed by atoms with Gasteiger partial charge in [0, 0.05) is 5.56 Å². The zero-order valence-electron chi connectivity index (χ0n) is 12.9. The molecule has 0 aromatic heterocycles. The molecule has 0 saturated carbocycles. The number of para-hydroxylation sites is 1. The Hall–Kier alpha value is -2.05. The maximum absolute atomic E-state index is 12.3. The Morgan fingerprint density at radius 2 is 1.74 bits per heavy atom. The number of rotatable bonds is 8. The topological polar surface area (TPSA) is 72.5 Å². The lowest BCUT2D eigenvalue weighted by atomic mass is 10.2. The highest BCUT2D eigenvalue weighted by Crippen LogP contribution is 2.33. The van der Waals surface area contributed by atoms with Gasteiger partial charge in [-0.15, -0.1) is 0 Å². The third-order valence-electron chi connectivity index (χ3n) is 3.19. The van der Waals surface area contributed by atoms with Crippen LogP contribution in [0.15, 0.2) is 53.4 Å². The number of benzene rings is 2. The zero-order valence-corrected chi connectivity index (χ0v) is 13.7. The highest BCUT2D eigenvalue weighted by Gasteiger charge is 2.20. The van der Waals surface area contributed by atoms with E-state index in [1.165, 1.54) is 18.2 Å². The molecule has 6 heteroatoms. The van der Waals surface area contributed by atoms with Crippen LogP contribution in [0.2, 0.25) is 0 Å². The Labute approximate surface area is 136 Å². The van der Waals surface area contributed by atoms with E-state index in [1.54, 1.807) is 30.3 Å². The first-order valence-electron chi connectivity index (χ1n) is 7.41. The Balaban J connectivity index is 2.32. The van der Waals surface area contributed by atoms with Crippen LogP contribution < -0.4 is 8.92 Å². The minimum Gasteiger partial charge on any atom is -0.489 e. The summed E-state index contributed by atoms with van der Waals surface area (Å²) in [5, 5.41) is 11.3. The second-order valence-electron chi connectivity index (χ2n) is 4.94. The van der Waals surface area contributed by atoms with Crippen LogP contribution in [0.3, 0.4) is 0 Å². The summed E-state index contributed by atoms with van der Waals surface area (Å²) in [6.07, 6.45) is 1.73. The molecule has 0 heterocycles. The van der Waals surface area contributed by atoms with E-state index in [-0.39, 0.29) is 16.4 Å². The molecule has 2 aromatic carbocycles. The molecule has 2 rings (SSSR count). The first kappa shape index (κ1) is 17.3. The van der Waals surface area contributed by atoms with Gasteiger partial charge in [0.2, 0.25) is 0 Å². The fourth-order valence-corrected chi connectivity index (χ4v) is 2.93. The van der Waals surface area contributed by atoms with Gasteiger partial charge in [-0.05, 0) is 24.6 Å². The molecule has 0 aliphatic carbocycles. The number of unbranched alkanes of at least 4 members (excludes halogenated alkanes) is 1. The smallest absolute Gasteiger partial charge is 0.339 e. The molecule has 0 aliphatic heterocycles. The van der Waals surface area contributed by atoms with Gasteiger partial charge >= 0.3 is 10.1 Å². The Morgan fingerprint density at radius 3 is 2.39 bits per heavy atom. The Bertz CT molecular complexity index is 726. The van der Waals surface area contributed by atoms with Crippen LogP contribution in [-0.4, -0.2) is 15.0 Å². The second kappa shape index (κ2) is 7.99. The van der Waals surface area contributed by atoms with Crippen molar-refractivity contribution in [2.75, 3.05) is 6.61 Å². The largest absolute Gasteiger partial charge is 0.489 e. The van der Waals surface area contributed by atoms with E-state index in [4.69, 9.17) is 8.92 Å². The van der Waals surface area contributed by atoms with E-state index in [2.05, 4.69) is 0 Å². The van der Waals surface area contributed by atoms with Crippen LogP contribution in [0.4, 0.5) is 0 Å². The van der Waals surface area contributed by atoms with Gasteiger partial charge in [-0.25, -0.2) is 5.11 Å². The predicted molar refractivity (Wildman–Crippen MR) is 85.5 cm³/mol. The van der Waals surface area contributed by atoms with E-state index in [0.717, 1.165) is 12.8 Å². The van der Waals surface area contributed by atoms with Crippen molar-refractivity contribution in [1.29, 1.82) is 0 Å². The molecular weight excluding hydrogens is 316 g/mol. The molecule has 0 bridgehead atoms. The summed E-state index contributed by atoms with van der Waals surface area (Å²) in [5.74, 6) is 0.244. The van der Waals surface area contributed by atoms with E-state index >= 15 is 0 Å². The van der Waals surface area contributed by atoms with Crippen LogP contribution in [0.1, 0.15) is 25.3 Å². The third kappa shape index (κ3) is 4.46. The molecule has 0 spiro atoms. The van der Waals surface area contributed by atoms with E-state index in [1.807, 2.05) is 6.92 Å². The second-order valence-corrected chi connectivity index (χ2v) is 6.49. The summed E-state index contributed by atoms with van der Waals surface area (Å²) in [5.41, 5.74) is 0.377. The van der Waals surface area contributed by atoms with Crippen molar-refractivity contribution in [1.82, 2.24) is 0 Å². The highest BCUT2D eigenvalue weighted by molar-refractivity contribution is 7.87. The van der Waals surface area contributed by atoms with Crippen molar-refractivity contribution in [2.45, 2.75) is 31.3 Å². The summed E-state index contributed by atoms with van der Waals surface area (Å²) in [7, 11) is -3.97. The summed E-state index contributed by atoms with van der Waals surface area (Å²) in [6, 6.07) is 12.5. The molecule has 0 aliphatic rings. The maximum atomic E-state index is 12.3. The van der Waals surface area contributed by atoms with Gasteiger partial charge in [0.25, 0.3) is 0 Å². The lowest BCUT2D eigenvalue weighted by Gasteiger charge is -2.15. The predicted octanol–water partition coefficient (Wildman–Crippen LogP) is 3.56. The molecule has 5 nitrogen and oxygen atoms in total. The van der Waals surface area contributed by atoms with Gasteiger partial charge in [-0.3, -0.25) is 0 Å². The monoisotopic (exact) mass is 335 g/mol.